The zero-order valence-electron chi connectivity index (χ0n) is 20.0. The first kappa shape index (κ1) is 21.9. The third-order valence-corrected chi connectivity index (χ3v) is 9.01. The summed E-state index contributed by atoms with van der Waals surface area (Å²) in [5, 5.41) is 37.5. The van der Waals surface area contributed by atoms with Gasteiger partial charge in [0, 0.05) is 30.8 Å². The van der Waals surface area contributed by atoms with Crippen LogP contribution in [-0.2, 0) is 16.6 Å². The van der Waals surface area contributed by atoms with E-state index in [0.717, 1.165) is 24.2 Å². The number of amides is 1. The van der Waals surface area contributed by atoms with E-state index in [0.29, 0.717) is 30.3 Å². The predicted octanol–water partition coefficient (Wildman–Crippen LogP) is 2.42. The second-order valence-corrected chi connectivity index (χ2v) is 10.8. The minimum Gasteiger partial charge on any atom is -0.508 e. The molecule has 2 aromatic rings. The minimum atomic E-state index is -1.36. The highest BCUT2D eigenvalue weighted by atomic mass is 16.5. The van der Waals surface area contributed by atoms with Crippen molar-refractivity contribution in [1.29, 1.82) is 0 Å². The Morgan fingerprint density at radius 2 is 2.14 bits per heavy atom. The van der Waals surface area contributed by atoms with Crippen LogP contribution in [0.4, 0.5) is 5.82 Å². The Kier molecular flexibility index (Phi) is 4.49. The van der Waals surface area contributed by atoms with Crippen molar-refractivity contribution in [3.63, 3.8) is 0 Å². The first-order valence-corrected chi connectivity index (χ1v) is 12.6. The van der Waals surface area contributed by atoms with E-state index in [9.17, 15) is 20.1 Å². The summed E-state index contributed by atoms with van der Waals surface area (Å²) in [6.07, 6.45) is 4.11. The number of pyridine rings is 1. The van der Waals surface area contributed by atoms with Gasteiger partial charge in [0.2, 0.25) is 0 Å². The number of ether oxygens (including phenoxy) is 2. The molecule has 2 fully saturated rings. The third-order valence-electron chi connectivity index (χ3n) is 9.01. The van der Waals surface area contributed by atoms with E-state index in [1.165, 1.54) is 26.1 Å². The number of likely N-dealkylation sites (tertiary alicyclic amines) is 1. The summed E-state index contributed by atoms with van der Waals surface area (Å²) in [4.78, 5) is 20.1. The summed E-state index contributed by atoms with van der Waals surface area (Å²) in [7, 11) is 1.49. The van der Waals surface area contributed by atoms with Crippen molar-refractivity contribution in [2.45, 2.75) is 55.3 Å². The molecule has 1 aromatic carbocycles. The molecule has 188 valence electrons. The summed E-state index contributed by atoms with van der Waals surface area (Å²) in [6, 6.07) is 6.67. The predicted molar refractivity (Wildman–Crippen MR) is 129 cm³/mol. The van der Waals surface area contributed by atoms with Crippen LogP contribution in [0.5, 0.6) is 17.2 Å². The maximum absolute atomic E-state index is 13.5. The van der Waals surface area contributed by atoms with E-state index in [1.807, 2.05) is 6.07 Å². The molecule has 9 nitrogen and oxygen atoms in total. The zero-order valence-corrected chi connectivity index (χ0v) is 20.0. The van der Waals surface area contributed by atoms with Crippen LogP contribution in [0.1, 0.15) is 36.8 Å². The highest BCUT2D eigenvalue weighted by Gasteiger charge is 2.73. The van der Waals surface area contributed by atoms with Crippen LogP contribution in [-0.4, -0.2) is 69.1 Å². The Bertz CT molecular complexity index is 1320. The van der Waals surface area contributed by atoms with Crippen LogP contribution in [0.2, 0.25) is 0 Å². The number of aliphatic hydroxyl groups is 2. The van der Waals surface area contributed by atoms with Gasteiger partial charge in [-0.2, -0.15) is 0 Å². The Morgan fingerprint density at radius 1 is 1.31 bits per heavy atom. The van der Waals surface area contributed by atoms with Crippen LogP contribution in [0.15, 0.2) is 41.8 Å². The van der Waals surface area contributed by atoms with Crippen LogP contribution in [0.25, 0.3) is 0 Å². The van der Waals surface area contributed by atoms with Crippen molar-refractivity contribution in [3.05, 3.63) is 52.9 Å². The highest BCUT2D eigenvalue weighted by Crippen LogP contribution is 2.66. The molecule has 4 N–H and O–H groups in total. The normalized spacial score (nSPS) is 32.1. The molecule has 4 atom stereocenters. The number of hydrogen-bond donors (Lipinski definition) is 4. The topological polar surface area (TPSA) is 124 Å². The Labute approximate surface area is 208 Å². The quantitative estimate of drug-likeness (QED) is 0.503. The Morgan fingerprint density at radius 3 is 2.92 bits per heavy atom. The number of carbonyl (C=O) groups excluding carboxylic acids is 1. The number of piperidine rings is 1. The molecule has 1 aromatic heterocycles. The summed E-state index contributed by atoms with van der Waals surface area (Å²) in [6.45, 7) is 1.68. The molecule has 9 heteroatoms. The lowest BCUT2D eigenvalue weighted by molar-refractivity contribution is -0.172. The van der Waals surface area contributed by atoms with E-state index in [4.69, 9.17) is 9.47 Å². The molecule has 3 heterocycles. The van der Waals surface area contributed by atoms with E-state index in [1.54, 1.807) is 18.2 Å². The molecule has 1 saturated heterocycles. The average Bonchev–Trinajstić information content (AvgIpc) is 3.61. The van der Waals surface area contributed by atoms with E-state index in [2.05, 4.69) is 15.2 Å². The fraction of sp³-hybridized carbons (Fsp3) is 0.481. The molecule has 1 spiro atoms. The van der Waals surface area contributed by atoms with Crippen LogP contribution in [0.3, 0.4) is 0 Å². The van der Waals surface area contributed by atoms with Crippen LogP contribution in [0, 0.1) is 5.92 Å². The fourth-order valence-corrected chi connectivity index (χ4v) is 7.20. The maximum Gasteiger partial charge on any atom is 0.256 e. The van der Waals surface area contributed by atoms with Gasteiger partial charge < -0.3 is 30.1 Å². The van der Waals surface area contributed by atoms with Gasteiger partial charge in [0.15, 0.2) is 29.2 Å². The molecule has 5 aliphatic rings. The Balaban J connectivity index is 1.35. The average molecular weight is 492 g/mol. The van der Waals surface area contributed by atoms with Gasteiger partial charge in [0.05, 0.1) is 23.7 Å². The number of nitrogens with zero attached hydrogens (tertiary/aromatic N) is 2. The number of aromatic nitrogens is 1. The van der Waals surface area contributed by atoms with Gasteiger partial charge in [-0.25, -0.2) is 4.98 Å². The lowest BCUT2D eigenvalue weighted by atomic mass is 9.49. The summed E-state index contributed by atoms with van der Waals surface area (Å²) in [5.74, 6) is 0.787. The number of hydrogen-bond acceptors (Lipinski definition) is 8. The molecule has 0 radical (unpaired) electrons. The zero-order chi connectivity index (χ0) is 24.8. The third kappa shape index (κ3) is 2.72. The molecular formula is C27H29N3O6. The molecule has 1 saturated carbocycles. The second-order valence-electron chi connectivity index (χ2n) is 10.8. The first-order valence-electron chi connectivity index (χ1n) is 12.6. The van der Waals surface area contributed by atoms with Gasteiger partial charge >= 0.3 is 0 Å². The Hall–Kier alpha value is -3.30. The number of phenols is 1. The lowest BCUT2D eigenvalue weighted by Gasteiger charge is -2.62. The number of carbonyl (C=O) groups is 1. The van der Waals surface area contributed by atoms with E-state index < -0.39 is 23.0 Å². The number of anilines is 1. The van der Waals surface area contributed by atoms with Gasteiger partial charge in [-0.05, 0) is 61.9 Å². The smallest absolute Gasteiger partial charge is 0.256 e. The molecule has 1 amide bonds. The number of aromatic hydroxyl groups is 1. The standard InChI is InChI=1S/C27H29N3O6/c1-35-18-3-2-9-28-24(18)29-25(33)16-12-27(34)19-11-15-6-7-17(31)22-20(15)26(27,23(36-22)21(16)32)8-10-30(19)13-14-4-5-14/h2-3,6-7,9,14,19,23,31-32,34H,4-5,8,10-13H2,1H3,(H,28,29,33)/t19-,23+,26+,27-/m1/s1. The van der Waals surface area contributed by atoms with Gasteiger partial charge in [0.1, 0.15) is 5.76 Å². The van der Waals surface area contributed by atoms with Gasteiger partial charge in [-0.15, -0.1) is 0 Å². The number of nitrogens with one attached hydrogen (secondary N) is 1. The van der Waals surface area contributed by atoms with Crippen molar-refractivity contribution < 1.29 is 29.6 Å². The van der Waals surface area contributed by atoms with Gasteiger partial charge in [-0.3, -0.25) is 9.69 Å². The monoisotopic (exact) mass is 491 g/mol. The van der Waals surface area contributed by atoms with Crippen molar-refractivity contribution in [2.24, 2.45) is 5.92 Å². The molecule has 2 aliphatic heterocycles. The van der Waals surface area contributed by atoms with Crippen LogP contribution < -0.4 is 14.8 Å². The number of benzene rings is 1. The minimum absolute atomic E-state index is 0.0178. The largest absolute Gasteiger partial charge is 0.508 e. The summed E-state index contributed by atoms with van der Waals surface area (Å²) in [5.41, 5.74) is -0.408. The van der Waals surface area contributed by atoms with Crippen molar-refractivity contribution in [2.75, 3.05) is 25.5 Å². The van der Waals surface area contributed by atoms with Gasteiger partial charge in [0.25, 0.3) is 5.91 Å². The van der Waals surface area contributed by atoms with E-state index in [-0.39, 0.29) is 35.4 Å². The number of aliphatic hydroxyl groups excluding tert-OH is 1. The molecule has 2 bridgehead atoms. The molecule has 0 unspecified atom stereocenters. The van der Waals surface area contributed by atoms with Crippen molar-refractivity contribution in [1.82, 2.24) is 9.88 Å². The molecular weight excluding hydrogens is 462 g/mol. The first-order chi connectivity index (χ1) is 17.4. The number of rotatable bonds is 5. The fourth-order valence-electron chi connectivity index (χ4n) is 7.20. The molecule has 7 rings (SSSR count). The van der Waals surface area contributed by atoms with Crippen LogP contribution >= 0.6 is 0 Å². The summed E-state index contributed by atoms with van der Waals surface area (Å²) >= 11 is 0. The second kappa shape index (κ2) is 7.36. The maximum atomic E-state index is 13.5. The van der Waals surface area contributed by atoms with Crippen molar-refractivity contribution in [3.8, 4) is 17.2 Å². The van der Waals surface area contributed by atoms with Gasteiger partial charge in [-0.1, -0.05) is 6.07 Å². The lowest BCUT2D eigenvalue weighted by Crippen LogP contribution is -2.75. The number of phenolic OH excluding ortho intramolecular Hbond substituents is 1. The highest BCUT2D eigenvalue weighted by molar-refractivity contribution is 6.05. The SMILES string of the molecule is COc1cccnc1NC(=O)C1=C(O)[C@@H]2Oc3c(O)ccc4c3[C@@]23CCN(CC2CC2)[C@H](C4)[C@]3(O)C1. The summed E-state index contributed by atoms with van der Waals surface area (Å²) < 4.78 is 11.5. The molecule has 36 heavy (non-hydrogen) atoms. The number of methoxy groups -OCH3 is 1. The van der Waals surface area contributed by atoms with E-state index >= 15 is 0 Å². The van der Waals surface area contributed by atoms with Crippen molar-refractivity contribution >= 4 is 11.7 Å². The molecule has 3 aliphatic carbocycles.